The van der Waals surface area contributed by atoms with Crippen molar-refractivity contribution in [3.8, 4) is 0 Å². The molecule has 1 aromatic carbocycles. The summed E-state index contributed by atoms with van der Waals surface area (Å²) in [7, 11) is 1.72. The summed E-state index contributed by atoms with van der Waals surface area (Å²) in [6.45, 7) is 2.11. The lowest BCUT2D eigenvalue weighted by Gasteiger charge is -2.42. The van der Waals surface area contributed by atoms with Crippen LogP contribution in [-0.4, -0.2) is 73.7 Å². The van der Waals surface area contributed by atoms with E-state index in [1.165, 1.54) is 12.1 Å². The molecule has 1 unspecified atom stereocenters. The molecule has 1 aromatic rings. The van der Waals surface area contributed by atoms with Crippen LogP contribution in [0, 0.1) is 5.82 Å². The molecule has 6 nitrogen and oxygen atoms in total. The van der Waals surface area contributed by atoms with E-state index in [2.05, 4.69) is 0 Å². The molecular weight excluding hydrogens is 327 g/mol. The Kier molecular flexibility index (Phi) is 5.34. The van der Waals surface area contributed by atoms with E-state index < -0.39 is 5.60 Å². The Morgan fingerprint density at radius 3 is 2.80 bits per heavy atom. The summed E-state index contributed by atoms with van der Waals surface area (Å²) in [5.41, 5.74) is 0.269. The number of morpholine rings is 1. The zero-order valence-corrected chi connectivity index (χ0v) is 14.4. The highest BCUT2D eigenvalue weighted by Gasteiger charge is 2.42. The number of hydrogen-bond donors (Lipinski definition) is 0. The highest BCUT2D eigenvalue weighted by Crippen LogP contribution is 2.23. The first-order chi connectivity index (χ1) is 12.0. The number of likely N-dealkylation sites (N-methyl/N-ethyl adjacent to an activating group) is 1. The van der Waals surface area contributed by atoms with Crippen LogP contribution in [0.5, 0.6) is 0 Å². The molecule has 2 aliphatic rings. The first kappa shape index (κ1) is 17.8. The molecule has 0 aliphatic carbocycles. The van der Waals surface area contributed by atoms with Crippen molar-refractivity contribution in [3.05, 3.63) is 35.6 Å². The Morgan fingerprint density at radius 2 is 2.04 bits per heavy atom. The minimum Gasteiger partial charge on any atom is -0.368 e. The number of benzene rings is 1. The molecule has 136 valence electrons. The Balaban J connectivity index is 1.59. The number of carbonyl (C=O) groups is 2. The highest BCUT2D eigenvalue weighted by molar-refractivity contribution is 5.78. The Labute approximate surface area is 146 Å². The Hall–Kier alpha value is -1.99. The molecule has 2 aliphatic heterocycles. The minimum absolute atomic E-state index is 0.0326. The predicted molar refractivity (Wildman–Crippen MR) is 88.4 cm³/mol. The van der Waals surface area contributed by atoms with Gasteiger partial charge in [-0.2, -0.15) is 0 Å². The standard InChI is InChI=1S/C18H23FN2O4/c1-20-11-18(13-24-10-17(20)23)12-21(8-9-25-18)16(22)7-4-14-2-5-15(19)6-3-14/h2-3,5-6H,4,7-13H2,1H3. The molecule has 2 amide bonds. The normalized spacial score (nSPS) is 24.5. The summed E-state index contributed by atoms with van der Waals surface area (Å²) < 4.78 is 24.3. The molecule has 2 saturated heterocycles. The fourth-order valence-corrected chi connectivity index (χ4v) is 3.30. The third-order valence-corrected chi connectivity index (χ3v) is 4.68. The molecular formula is C18H23FN2O4. The summed E-state index contributed by atoms with van der Waals surface area (Å²) in [6.07, 6.45) is 0.926. The van der Waals surface area contributed by atoms with Gasteiger partial charge in [0.15, 0.2) is 0 Å². The summed E-state index contributed by atoms with van der Waals surface area (Å²) >= 11 is 0. The van der Waals surface area contributed by atoms with E-state index in [9.17, 15) is 14.0 Å². The van der Waals surface area contributed by atoms with Crippen LogP contribution >= 0.6 is 0 Å². The maximum absolute atomic E-state index is 12.9. The molecule has 0 N–H and O–H groups in total. The summed E-state index contributed by atoms with van der Waals surface area (Å²) in [5.74, 6) is -0.331. The van der Waals surface area contributed by atoms with E-state index in [0.717, 1.165) is 5.56 Å². The second-order valence-corrected chi connectivity index (χ2v) is 6.72. The van der Waals surface area contributed by atoms with Crippen LogP contribution in [0.25, 0.3) is 0 Å². The Morgan fingerprint density at radius 1 is 1.28 bits per heavy atom. The van der Waals surface area contributed by atoms with Gasteiger partial charge < -0.3 is 19.3 Å². The van der Waals surface area contributed by atoms with Crippen molar-refractivity contribution >= 4 is 11.8 Å². The smallest absolute Gasteiger partial charge is 0.248 e. The number of nitrogens with zero attached hydrogens (tertiary/aromatic N) is 2. The first-order valence-electron chi connectivity index (χ1n) is 8.45. The summed E-state index contributed by atoms with van der Waals surface area (Å²) in [6, 6.07) is 6.20. The van der Waals surface area contributed by atoms with Crippen LogP contribution < -0.4 is 0 Å². The summed E-state index contributed by atoms with van der Waals surface area (Å²) in [5, 5.41) is 0. The van der Waals surface area contributed by atoms with Crippen LogP contribution in [0.4, 0.5) is 4.39 Å². The zero-order chi connectivity index (χ0) is 17.9. The van der Waals surface area contributed by atoms with E-state index in [1.54, 1.807) is 29.0 Å². The van der Waals surface area contributed by atoms with Gasteiger partial charge in [0.1, 0.15) is 18.0 Å². The van der Waals surface area contributed by atoms with Crippen molar-refractivity contribution in [2.24, 2.45) is 0 Å². The van der Waals surface area contributed by atoms with Gasteiger partial charge in [-0.3, -0.25) is 9.59 Å². The molecule has 2 fully saturated rings. The van der Waals surface area contributed by atoms with Crippen LogP contribution in [0.1, 0.15) is 12.0 Å². The van der Waals surface area contributed by atoms with E-state index in [4.69, 9.17) is 9.47 Å². The van der Waals surface area contributed by atoms with Crippen LogP contribution in [-0.2, 0) is 25.5 Å². The lowest BCUT2D eigenvalue weighted by atomic mass is 10.0. The van der Waals surface area contributed by atoms with Crippen LogP contribution in [0.2, 0.25) is 0 Å². The fraction of sp³-hybridized carbons (Fsp3) is 0.556. The van der Waals surface area contributed by atoms with Gasteiger partial charge in [-0.05, 0) is 24.1 Å². The van der Waals surface area contributed by atoms with Crippen LogP contribution in [0.15, 0.2) is 24.3 Å². The van der Waals surface area contributed by atoms with Crippen molar-refractivity contribution < 1.29 is 23.5 Å². The van der Waals surface area contributed by atoms with Crippen molar-refractivity contribution in [1.29, 1.82) is 0 Å². The molecule has 1 atom stereocenters. The molecule has 0 saturated carbocycles. The number of ether oxygens (including phenoxy) is 2. The van der Waals surface area contributed by atoms with Gasteiger partial charge in [0.2, 0.25) is 11.8 Å². The van der Waals surface area contributed by atoms with Gasteiger partial charge >= 0.3 is 0 Å². The molecule has 2 heterocycles. The number of aryl methyl sites for hydroxylation is 1. The first-order valence-corrected chi connectivity index (χ1v) is 8.45. The average Bonchev–Trinajstić information content (AvgIpc) is 2.73. The number of halogens is 1. The van der Waals surface area contributed by atoms with Gasteiger partial charge in [0.05, 0.1) is 26.3 Å². The number of rotatable bonds is 3. The number of amides is 2. The van der Waals surface area contributed by atoms with E-state index in [-0.39, 0.29) is 24.2 Å². The topological polar surface area (TPSA) is 59.1 Å². The lowest BCUT2D eigenvalue weighted by Crippen LogP contribution is -2.59. The van der Waals surface area contributed by atoms with Gasteiger partial charge in [0.25, 0.3) is 0 Å². The maximum Gasteiger partial charge on any atom is 0.248 e. The molecule has 25 heavy (non-hydrogen) atoms. The van der Waals surface area contributed by atoms with Crippen molar-refractivity contribution in [2.45, 2.75) is 18.4 Å². The molecule has 7 heteroatoms. The highest BCUT2D eigenvalue weighted by atomic mass is 19.1. The van der Waals surface area contributed by atoms with Crippen LogP contribution in [0.3, 0.4) is 0 Å². The average molecular weight is 350 g/mol. The summed E-state index contributed by atoms with van der Waals surface area (Å²) in [4.78, 5) is 27.7. The molecule has 3 rings (SSSR count). The van der Waals surface area contributed by atoms with Gasteiger partial charge in [-0.25, -0.2) is 4.39 Å². The second kappa shape index (κ2) is 7.49. The quantitative estimate of drug-likeness (QED) is 0.811. The number of carbonyl (C=O) groups excluding carboxylic acids is 2. The monoisotopic (exact) mass is 350 g/mol. The molecule has 0 bridgehead atoms. The molecule has 1 spiro atoms. The van der Waals surface area contributed by atoms with E-state index in [0.29, 0.717) is 45.7 Å². The van der Waals surface area contributed by atoms with Crippen molar-refractivity contribution in [3.63, 3.8) is 0 Å². The largest absolute Gasteiger partial charge is 0.368 e. The fourth-order valence-electron chi connectivity index (χ4n) is 3.30. The van der Waals surface area contributed by atoms with Gasteiger partial charge in [-0.1, -0.05) is 12.1 Å². The van der Waals surface area contributed by atoms with Gasteiger partial charge in [-0.15, -0.1) is 0 Å². The van der Waals surface area contributed by atoms with E-state index >= 15 is 0 Å². The third kappa shape index (κ3) is 4.35. The molecule has 0 radical (unpaired) electrons. The minimum atomic E-state index is -0.662. The molecule has 0 aromatic heterocycles. The SMILES string of the molecule is CN1CC2(COCC1=O)CN(C(=O)CCc1ccc(F)cc1)CCO2. The lowest BCUT2D eigenvalue weighted by molar-refractivity contribution is -0.161. The van der Waals surface area contributed by atoms with Crippen molar-refractivity contribution in [2.75, 3.05) is 46.5 Å². The zero-order valence-electron chi connectivity index (χ0n) is 14.4. The van der Waals surface area contributed by atoms with Crippen molar-refractivity contribution in [1.82, 2.24) is 9.80 Å². The Bertz CT molecular complexity index is 636. The van der Waals surface area contributed by atoms with Gasteiger partial charge in [0, 0.05) is 20.0 Å². The number of hydrogen-bond acceptors (Lipinski definition) is 4. The third-order valence-electron chi connectivity index (χ3n) is 4.68. The predicted octanol–water partition coefficient (Wildman–Crippen LogP) is 0.844. The van der Waals surface area contributed by atoms with E-state index in [1.807, 2.05) is 0 Å². The maximum atomic E-state index is 12.9. The second-order valence-electron chi connectivity index (χ2n) is 6.72.